The Bertz CT molecular complexity index is 617. The molecule has 0 saturated heterocycles. The van der Waals surface area contributed by atoms with E-state index in [1.807, 2.05) is 18.2 Å². The molecule has 114 valence electrons. The molecule has 2 aromatic carbocycles. The number of carboxylic acid groups (broad SMARTS) is 1. The van der Waals surface area contributed by atoms with Crippen LogP contribution in [0.5, 0.6) is 5.75 Å². The molecule has 0 aliphatic carbocycles. The van der Waals surface area contributed by atoms with Crippen LogP contribution in [-0.2, 0) is 11.2 Å². The second-order valence-electron chi connectivity index (χ2n) is 4.95. The number of rotatable bonds is 8. The van der Waals surface area contributed by atoms with Crippen molar-refractivity contribution in [2.75, 3.05) is 6.61 Å². The molecule has 0 atom stereocenters. The van der Waals surface area contributed by atoms with Gasteiger partial charge < -0.3 is 9.84 Å². The van der Waals surface area contributed by atoms with Gasteiger partial charge in [0.15, 0.2) is 0 Å². The maximum atomic E-state index is 11.2. The number of aryl methyl sites for hydroxylation is 1. The van der Waals surface area contributed by atoms with Gasteiger partial charge in [0, 0.05) is 5.56 Å². The average molecular weight is 298 g/mol. The van der Waals surface area contributed by atoms with Crippen LogP contribution < -0.4 is 4.74 Å². The Morgan fingerprint density at radius 2 is 1.59 bits per heavy atom. The molecule has 4 heteroatoms. The molecule has 2 rings (SSSR count). The van der Waals surface area contributed by atoms with Crippen molar-refractivity contribution in [3.63, 3.8) is 0 Å². The topological polar surface area (TPSA) is 63.6 Å². The molecule has 0 bridgehead atoms. The van der Waals surface area contributed by atoms with E-state index in [0.717, 1.165) is 19.3 Å². The summed E-state index contributed by atoms with van der Waals surface area (Å²) < 4.78 is 5.58. The number of hydrogen-bond acceptors (Lipinski definition) is 3. The summed E-state index contributed by atoms with van der Waals surface area (Å²) in [5.41, 5.74) is 1.47. The van der Waals surface area contributed by atoms with E-state index in [9.17, 15) is 9.59 Å². The van der Waals surface area contributed by atoms with Gasteiger partial charge in [0.2, 0.25) is 0 Å². The number of ketones is 1. The molecule has 0 aliphatic rings. The smallest absolute Gasteiger partial charge is 0.377 e. The number of carbonyl (C=O) groups is 2. The van der Waals surface area contributed by atoms with Gasteiger partial charge in [0.25, 0.3) is 5.78 Å². The van der Waals surface area contributed by atoms with Crippen molar-refractivity contribution >= 4 is 11.8 Å². The van der Waals surface area contributed by atoms with Gasteiger partial charge >= 0.3 is 5.97 Å². The number of carboxylic acids is 1. The van der Waals surface area contributed by atoms with Gasteiger partial charge in [-0.1, -0.05) is 30.3 Å². The molecule has 0 unspecified atom stereocenters. The lowest BCUT2D eigenvalue weighted by Gasteiger charge is -2.06. The van der Waals surface area contributed by atoms with E-state index in [0.29, 0.717) is 12.4 Å². The molecule has 0 saturated carbocycles. The van der Waals surface area contributed by atoms with Gasteiger partial charge in [-0.05, 0) is 49.1 Å². The maximum Gasteiger partial charge on any atom is 0.377 e. The summed E-state index contributed by atoms with van der Waals surface area (Å²) in [6.45, 7) is 0.596. The molecular weight excluding hydrogens is 280 g/mol. The summed E-state index contributed by atoms with van der Waals surface area (Å²) in [6.07, 6.45) is 3.00. The molecule has 22 heavy (non-hydrogen) atoms. The lowest BCUT2D eigenvalue weighted by molar-refractivity contribution is -0.131. The molecular formula is C18H18O4. The summed E-state index contributed by atoms with van der Waals surface area (Å²) in [5.74, 6) is -1.72. The molecule has 0 amide bonds. The van der Waals surface area contributed by atoms with E-state index < -0.39 is 11.8 Å². The lowest BCUT2D eigenvalue weighted by atomic mass is 10.1. The minimum absolute atomic E-state index is 0.156. The molecule has 0 heterocycles. The first kappa shape index (κ1) is 15.8. The zero-order valence-electron chi connectivity index (χ0n) is 12.2. The monoisotopic (exact) mass is 298 g/mol. The highest BCUT2D eigenvalue weighted by Gasteiger charge is 2.13. The summed E-state index contributed by atoms with van der Waals surface area (Å²) in [5, 5.41) is 8.62. The van der Waals surface area contributed by atoms with Crippen LogP contribution in [0.1, 0.15) is 28.8 Å². The number of ether oxygens (including phenoxy) is 1. The zero-order valence-corrected chi connectivity index (χ0v) is 12.2. The van der Waals surface area contributed by atoms with E-state index in [2.05, 4.69) is 12.1 Å². The first-order valence-corrected chi connectivity index (χ1v) is 7.21. The van der Waals surface area contributed by atoms with Crippen molar-refractivity contribution in [1.82, 2.24) is 0 Å². The largest absolute Gasteiger partial charge is 0.494 e. The summed E-state index contributed by atoms with van der Waals surface area (Å²) in [7, 11) is 0. The molecule has 0 spiro atoms. The number of Topliss-reactive ketones (excluding diaryl/α,β-unsaturated/α-hetero) is 1. The van der Waals surface area contributed by atoms with Crippen molar-refractivity contribution in [2.45, 2.75) is 19.3 Å². The highest BCUT2D eigenvalue weighted by Crippen LogP contribution is 2.13. The van der Waals surface area contributed by atoms with Gasteiger partial charge in [-0.2, -0.15) is 0 Å². The summed E-state index contributed by atoms with van der Waals surface area (Å²) in [6, 6.07) is 16.5. The van der Waals surface area contributed by atoms with E-state index in [1.165, 1.54) is 17.7 Å². The number of unbranched alkanes of at least 4 members (excludes halogenated alkanes) is 1. The third-order valence-electron chi connectivity index (χ3n) is 3.28. The molecule has 2 aromatic rings. The zero-order chi connectivity index (χ0) is 15.8. The predicted molar refractivity (Wildman–Crippen MR) is 83.3 cm³/mol. The van der Waals surface area contributed by atoms with Crippen LogP contribution in [0.4, 0.5) is 0 Å². The predicted octanol–water partition coefficient (Wildman–Crippen LogP) is 3.36. The first-order valence-electron chi connectivity index (χ1n) is 7.21. The van der Waals surface area contributed by atoms with Gasteiger partial charge in [-0.3, -0.25) is 4.79 Å². The Morgan fingerprint density at radius 3 is 2.23 bits per heavy atom. The highest BCUT2D eigenvalue weighted by molar-refractivity contribution is 6.39. The quantitative estimate of drug-likeness (QED) is 0.461. The van der Waals surface area contributed by atoms with Crippen molar-refractivity contribution in [3.05, 3.63) is 65.7 Å². The summed E-state index contributed by atoms with van der Waals surface area (Å²) in [4.78, 5) is 21.8. The molecule has 0 aliphatic heterocycles. The molecule has 4 nitrogen and oxygen atoms in total. The van der Waals surface area contributed by atoms with Crippen molar-refractivity contribution < 1.29 is 19.4 Å². The van der Waals surface area contributed by atoms with Gasteiger partial charge in [0.05, 0.1) is 6.61 Å². The van der Waals surface area contributed by atoms with E-state index in [-0.39, 0.29) is 5.56 Å². The fraction of sp³-hybridized carbons (Fsp3) is 0.222. The Hall–Kier alpha value is -2.62. The van der Waals surface area contributed by atoms with Crippen LogP contribution in [0.3, 0.4) is 0 Å². The van der Waals surface area contributed by atoms with Crippen LogP contribution in [0.15, 0.2) is 54.6 Å². The number of aliphatic carboxylic acids is 1. The van der Waals surface area contributed by atoms with E-state index >= 15 is 0 Å². The molecule has 1 N–H and O–H groups in total. The average Bonchev–Trinajstić information content (AvgIpc) is 2.55. The van der Waals surface area contributed by atoms with Crippen LogP contribution >= 0.6 is 0 Å². The second kappa shape index (κ2) is 7.98. The second-order valence-corrected chi connectivity index (χ2v) is 4.95. The number of hydrogen-bond donors (Lipinski definition) is 1. The molecule has 0 radical (unpaired) electrons. The third kappa shape index (κ3) is 4.74. The van der Waals surface area contributed by atoms with Crippen LogP contribution in [-0.4, -0.2) is 23.5 Å². The minimum atomic E-state index is -1.45. The summed E-state index contributed by atoms with van der Waals surface area (Å²) >= 11 is 0. The Kier molecular flexibility index (Phi) is 5.72. The van der Waals surface area contributed by atoms with Crippen LogP contribution in [0.25, 0.3) is 0 Å². The SMILES string of the molecule is O=C(O)C(=O)c1ccc(OCCCCc2ccccc2)cc1. The Morgan fingerprint density at radius 1 is 0.909 bits per heavy atom. The van der Waals surface area contributed by atoms with Crippen molar-refractivity contribution in [3.8, 4) is 5.75 Å². The van der Waals surface area contributed by atoms with Crippen molar-refractivity contribution in [1.29, 1.82) is 0 Å². The van der Waals surface area contributed by atoms with Gasteiger partial charge in [0.1, 0.15) is 5.75 Å². The first-order chi connectivity index (χ1) is 10.7. The van der Waals surface area contributed by atoms with Gasteiger partial charge in [-0.25, -0.2) is 4.79 Å². The standard InChI is InChI=1S/C18H18O4/c19-17(18(20)21)15-9-11-16(12-10-15)22-13-5-4-8-14-6-2-1-3-7-14/h1-3,6-7,9-12H,4-5,8,13H2,(H,20,21). The Balaban J connectivity index is 1.71. The minimum Gasteiger partial charge on any atom is -0.494 e. The lowest BCUT2D eigenvalue weighted by Crippen LogP contribution is -2.12. The molecule has 0 fully saturated rings. The maximum absolute atomic E-state index is 11.2. The fourth-order valence-corrected chi connectivity index (χ4v) is 2.09. The van der Waals surface area contributed by atoms with Crippen LogP contribution in [0.2, 0.25) is 0 Å². The Labute approximate surface area is 129 Å². The number of benzene rings is 2. The van der Waals surface area contributed by atoms with Gasteiger partial charge in [-0.15, -0.1) is 0 Å². The van der Waals surface area contributed by atoms with Crippen molar-refractivity contribution in [2.24, 2.45) is 0 Å². The molecule has 0 aromatic heterocycles. The highest BCUT2D eigenvalue weighted by atomic mass is 16.5. The fourth-order valence-electron chi connectivity index (χ4n) is 2.09. The normalized spacial score (nSPS) is 10.2. The van der Waals surface area contributed by atoms with E-state index in [4.69, 9.17) is 9.84 Å². The number of carbonyl (C=O) groups excluding carboxylic acids is 1. The van der Waals surface area contributed by atoms with Crippen LogP contribution in [0, 0.1) is 0 Å². The van der Waals surface area contributed by atoms with E-state index in [1.54, 1.807) is 12.1 Å². The third-order valence-corrected chi connectivity index (χ3v) is 3.28.